The van der Waals surface area contributed by atoms with Crippen molar-refractivity contribution in [3.8, 4) is 5.75 Å². The van der Waals surface area contributed by atoms with Crippen molar-refractivity contribution in [3.05, 3.63) is 29.3 Å². The first-order valence-electron chi connectivity index (χ1n) is 5.16. The van der Waals surface area contributed by atoms with Gasteiger partial charge in [0.15, 0.2) is 0 Å². The molecule has 0 fully saturated rings. The normalized spacial score (nSPS) is 21.1. The molecule has 0 saturated heterocycles. The van der Waals surface area contributed by atoms with E-state index in [-0.39, 0.29) is 0 Å². The van der Waals surface area contributed by atoms with Gasteiger partial charge in [-0.1, -0.05) is 13.0 Å². The molecule has 0 bridgehead atoms. The molecule has 76 valence electrons. The highest BCUT2D eigenvalue weighted by Crippen LogP contribution is 2.22. The molecule has 1 aromatic rings. The van der Waals surface area contributed by atoms with Crippen LogP contribution in [-0.2, 0) is 13.0 Å². The molecule has 1 aliphatic heterocycles. The van der Waals surface area contributed by atoms with Crippen LogP contribution in [0.4, 0.5) is 0 Å². The Hall–Kier alpha value is -1.02. The monoisotopic (exact) mass is 191 g/mol. The van der Waals surface area contributed by atoms with Crippen molar-refractivity contribution in [2.75, 3.05) is 13.7 Å². The number of nitrogens with one attached hydrogen (secondary N) is 1. The number of benzene rings is 1. The second-order valence-corrected chi connectivity index (χ2v) is 4.07. The number of methoxy groups -OCH3 is 1. The van der Waals surface area contributed by atoms with Crippen molar-refractivity contribution >= 4 is 0 Å². The molecule has 14 heavy (non-hydrogen) atoms. The standard InChI is InChI=1S/C12H17NO/c1-9-5-11-6-12(14-2)4-3-10(11)8-13-7-9/h3-4,6,9,13H,5,7-8H2,1-2H3. The lowest BCUT2D eigenvalue weighted by Gasteiger charge is -2.09. The highest BCUT2D eigenvalue weighted by atomic mass is 16.5. The molecule has 1 unspecified atom stereocenters. The third-order valence-corrected chi connectivity index (χ3v) is 2.79. The van der Waals surface area contributed by atoms with Crippen molar-refractivity contribution in [2.45, 2.75) is 19.9 Å². The van der Waals surface area contributed by atoms with Gasteiger partial charge in [0, 0.05) is 6.54 Å². The van der Waals surface area contributed by atoms with Gasteiger partial charge in [-0.2, -0.15) is 0 Å². The minimum atomic E-state index is 0.711. The minimum absolute atomic E-state index is 0.711. The average molecular weight is 191 g/mol. The van der Waals surface area contributed by atoms with Gasteiger partial charge >= 0.3 is 0 Å². The fourth-order valence-electron chi connectivity index (χ4n) is 1.99. The molecule has 0 aromatic heterocycles. The van der Waals surface area contributed by atoms with Crippen LogP contribution in [0.1, 0.15) is 18.1 Å². The van der Waals surface area contributed by atoms with Gasteiger partial charge in [0.1, 0.15) is 5.75 Å². The Kier molecular flexibility index (Phi) is 2.73. The van der Waals surface area contributed by atoms with E-state index in [9.17, 15) is 0 Å². The molecule has 1 heterocycles. The first-order chi connectivity index (χ1) is 6.79. The van der Waals surface area contributed by atoms with Crippen LogP contribution in [0.15, 0.2) is 18.2 Å². The van der Waals surface area contributed by atoms with E-state index in [4.69, 9.17) is 4.74 Å². The number of hydrogen-bond acceptors (Lipinski definition) is 2. The Morgan fingerprint density at radius 3 is 3.00 bits per heavy atom. The zero-order chi connectivity index (χ0) is 9.97. The van der Waals surface area contributed by atoms with Crippen molar-refractivity contribution < 1.29 is 4.74 Å². The summed E-state index contributed by atoms with van der Waals surface area (Å²) < 4.78 is 5.24. The molecular weight excluding hydrogens is 174 g/mol. The average Bonchev–Trinajstić information content (AvgIpc) is 2.37. The van der Waals surface area contributed by atoms with E-state index in [2.05, 4.69) is 24.4 Å². The number of hydrogen-bond donors (Lipinski definition) is 1. The van der Waals surface area contributed by atoms with Gasteiger partial charge in [0.25, 0.3) is 0 Å². The van der Waals surface area contributed by atoms with Crippen LogP contribution >= 0.6 is 0 Å². The van der Waals surface area contributed by atoms with Crippen LogP contribution in [-0.4, -0.2) is 13.7 Å². The number of fused-ring (bicyclic) bond motifs is 1. The molecule has 0 amide bonds. The Bertz CT molecular complexity index is 322. The smallest absolute Gasteiger partial charge is 0.119 e. The molecule has 0 spiro atoms. The van der Waals surface area contributed by atoms with Gasteiger partial charge in [-0.3, -0.25) is 0 Å². The van der Waals surface area contributed by atoms with Gasteiger partial charge in [0.05, 0.1) is 7.11 Å². The Morgan fingerprint density at radius 1 is 1.36 bits per heavy atom. The number of ether oxygens (including phenoxy) is 1. The highest BCUT2D eigenvalue weighted by molar-refractivity contribution is 5.36. The van der Waals surface area contributed by atoms with E-state index in [1.54, 1.807) is 7.11 Å². The molecule has 0 aliphatic carbocycles. The summed E-state index contributed by atoms with van der Waals surface area (Å²) in [7, 11) is 1.72. The second-order valence-electron chi connectivity index (χ2n) is 4.07. The van der Waals surface area contributed by atoms with E-state index in [0.29, 0.717) is 5.92 Å². The fourth-order valence-corrected chi connectivity index (χ4v) is 1.99. The summed E-state index contributed by atoms with van der Waals surface area (Å²) in [5, 5.41) is 3.45. The van der Waals surface area contributed by atoms with Crippen LogP contribution in [0.5, 0.6) is 5.75 Å². The lowest BCUT2D eigenvalue weighted by Crippen LogP contribution is -2.17. The Morgan fingerprint density at radius 2 is 2.21 bits per heavy atom. The van der Waals surface area contributed by atoms with Gasteiger partial charge in [0.2, 0.25) is 0 Å². The van der Waals surface area contributed by atoms with E-state index >= 15 is 0 Å². The molecule has 0 saturated carbocycles. The van der Waals surface area contributed by atoms with E-state index < -0.39 is 0 Å². The third-order valence-electron chi connectivity index (χ3n) is 2.79. The minimum Gasteiger partial charge on any atom is -0.497 e. The van der Waals surface area contributed by atoms with Crippen molar-refractivity contribution in [2.24, 2.45) is 5.92 Å². The van der Waals surface area contributed by atoms with E-state index in [0.717, 1.165) is 25.3 Å². The van der Waals surface area contributed by atoms with Crippen LogP contribution in [0.25, 0.3) is 0 Å². The molecular formula is C12H17NO. The maximum absolute atomic E-state index is 5.24. The molecule has 0 radical (unpaired) electrons. The predicted molar refractivity (Wildman–Crippen MR) is 57.6 cm³/mol. The molecule has 2 nitrogen and oxygen atoms in total. The molecule has 1 N–H and O–H groups in total. The van der Waals surface area contributed by atoms with Crippen LogP contribution in [0, 0.1) is 5.92 Å². The lowest BCUT2D eigenvalue weighted by atomic mass is 9.98. The summed E-state index contributed by atoms with van der Waals surface area (Å²) in [5.41, 5.74) is 2.84. The quantitative estimate of drug-likeness (QED) is 0.733. The zero-order valence-electron chi connectivity index (χ0n) is 8.84. The summed E-state index contributed by atoms with van der Waals surface area (Å²) >= 11 is 0. The third kappa shape index (κ3) is 1.90. The van der Waals surface area contributed by atoms with Gasteiger partial charge in [-0.05, 0) is 42.1 Å². The van der Waals surface area contributed by atoms with Crippen LogP contribution in [0.3, 0.4) is 0 Å². The SMILES string of the molecule is COc1ccc2c(c1)CC(C)CNC2. The first-order valence-corrected chi connectivity index (χ1v) is 5.16. The highest BCUT2D eigenvalue weighted by Gasteiger charge is 2.12. The van der Waals surface area contributed by atoms with Crippen molar-refractivity contribution in [1.82, 2.24) is 5.32 Å². The Labute approximate surface area is 85.3 Å². The fraction of sp³-hybridized carbons (Fsp3) is 0.500. The summed E-state index contributed by atoms with van der Waals surface area (Å²) in [6.45, 7) is 4.38. The molecule has 1 aliphatic rings. The van der Waals surface area contributed by atoms with Gasteiger partial charge < -0.3 is 10.1 Å². The Balaban J connectivity index is 2.32. The van der Waals surface area contributed by atoms with Crippen LogP contribution < -0.4 is 10.1 Å². The second kappa shape index (κ2) is 4.01. The van der Waals surface area contributed by atoms with E-state index in [1.807, 2.05) is 6.07 Å². The first kappa shape index (κ1) is 9.53. The maximum Gasteiger partial charge on any atom is 0.119 e. The van der Waals surface area contributed by atoms with Crippen molar-refractivity contribution in [1.29, 1.82) is 0 Å². The summed E-state index contributed by atoms with van der Waals surface area (Å²) in [6.07, 6.45) is 1.15. The lowest BCUT2D eigenvalue weighted by molar-refractivity contribution is 0.414. The summed E-state index contributed by atoms with van der Waals surface area (Å²) in [5.74, 6) is 1.68. The van der Waals surface area contributed by atoms with Gasteiger partial charge in [-0.25, -0.2) is 0 Å². The van der Waals surface area contributed by atoms with Gasteiger partial charge in [-0.15, -0.1) is 0 Å². The molecule has 1 aromatic carbocycles. The molecule has 2 heteroatoms. The zero-order valence-corrected chi connectivity index (χ0v) is 8.84. The molecule has 2 rings (SSSR count). The topological polar surface area (TPSA) is 21.3 Å². The van der Waals surface area contributed by atoms with E-state index in [1.165, 1.54) is 11.1 Å². The summed E-state index contributed by atoms with van der Waals surface area (Å²) in [4.78, 5) is 0. The van der Waals surface area contributed by atoms with Crippen molar-refractivity contribution in [3.63, 3.8) is 0 Å². The molecule has 1 atom stereocenters. The summed E-state index contributed by atoms with van der Waals surface area (Å²) in [6, 6.07) is 6.37. The number of rotatable bonds is 1. The maximum atomic E-state index is 5.24. The van der Waals surface area contributed by atoms with Crippen LogP contribution in [0.2, 0.25) is 0 Å². The predicted octanol–water partition coefficient (Wildman–Crippen LogP) is 1.98. The largest absolute Gasteiger partial charge is 0.497 e.